The van der Waals surface area contributed by atoms with Crippen LogP contribution >= 0.6 is 0 Å². The highest BCUT2D eigenvalue weighted by Gasteiger charge is 2.51. The van der Waals surface area contributed by atoms with Crippen molar-refractivity contribution in [3.8, 4) is 0 Å². The van der Waals surface area contributed by atoms with E-state index in [2.05, 4.69) is 0 Å². The summed E-state index contributed by atoms with van der Waals surface area (Å²) in [5, 5.41) is 1.12. The second kappa shape index (κ2) is 3.03. The summed E-state index contributed by atoms with van der Waals surface area (Å²) < 4.78 is 65.6. The van der Waals surface area contributed by atoms with E-state index < -0.39 is 38.6 Å². The van der Waals surface area contributed by atoms with Crippen LogP contribution in [0.3, 0.4) is 0 Å². The molecule has 15 heavy (non-hydrogen) atoms. The van der Waals surface area contributed by atoms with Gasteiger partial charge in [0, 0.05) is 0 Å². The van der Waals surface area contributed by atoms with Crippen molar-refractivity contribution < 1.29 is 35.7 Å². The molecule has 0 aliphatic carbocycles. The Morgan fingerprint density at radius 2 is 1.60 bits per heavy atom. The lowest BCUT2D eigenvalue weighted by atomic mass is 10.2. The molecule has 6 nitrogen and oxygen atoms in total. The van der Waals surface area contributed by atoms with Crippen LogP contribution in [0.2, 0.25) is 0 Å². The number of halogens is 3. The highest BCUT2D eigenvalue weighted by Crippen LogP contribution is 2.33. The summed E-state index contributed by atoms with van der Waals surface area (Å²) in [6, 6.07) is 0. The van der Waals surface area contributed by atoms with Gasteiger partial charge in [0.15, 0.2) is 4.91 Å². The molecule has 0 radical (unpaired) electrons. The summed E-state index contributed by atoms with van der Waals surface area (Å²) in [6.45, 7) is 0. The molecular weight excluding hydrogens is 243 g/mol. The molecule has 0 aromatic carbocycles. The fourth-order valence-electron chi connectivity index (χ4n) is 0.943. The molecule has 1 heterocycles. The van der Waals surface area contributed by atoms with Crippen LogP contribution in [0.5, 0.6) is 0 Å². The van der Waals surface area contributed by atoms with Crippen LogP contribution in [-0.2, 0) is 19.7 Å². The summed E-state index contributed by atoms with van der Waals surface area (Å²) in [5.41, 5.74) is -2.21. The van der Waals surface area contributed by atoms with Gasteiger partial charge < -0.3 is 0 Å². The van der Waals surface area contributed by atoms with Gasteiger partial charge in [-0.3, -0.25) is 19.5 Å². The molecule has 0 atom stereocenters. The first-order valence-corrected chi connectivity index (χ1v) is 4.64. The summed E-state index contributed by atoms with van der Waals surface area (Å²) >= 11 is 0. The van der Waals surface area contributed by atoms with Crippen molar-refractivity contribution in [2.45, 2.75) is 6.18 Å². The maximum absolute atomic E-state index is 12.1. The molecule has 84 valence electrons. The zero-order valence-electron chi connectivity index (χ0n) is 6.62. The van der Waals surface area contributed by atoms with Crippen LogP contribution in [0.15, 0.2) is 10.5 Å². The van der Waals surface area contributed by atoms with E-state index in [1.165, 1.54) is 0 Å². The van der Waals surface area contributed by atoms with Crippen molar-refractivity contribution >= 4 is 21.9 Å². The van der Waals surface area contributed by atoms with Gasteiger partial charge in [0.1, 0.15) is 5.57 Å². The van der Waals surface area contributed by atoms with Crippen LogP contribution in [0.25, 0.3) is 0 Å². The first-order valence-electron chi connectivity index (χ1n) is 3.20. The SMILES string of the molecule is O=C1NC(=O)C(S(=O)(=O)O)=C1C(F)(F)F. The number of hydrogen-bond acceptors (Lipinski definition) is 4. The van der Waals surface area contributed by atoms with Gasteiger partial charge in [-0.15, -0.1) is 0 Å². The van der Waals surface area contributed by atoms with Crippen LogP contribution in [0.4, 0.5) is 13.2 Å². The molecule has 0 spiro atoms. The molecule has 2 amide bonds. The maximum atomic E-state index is 12.1. The largest absolute Gasteiger partial charge is 0.423 e. The van der Waals surface area contributed by atoms with Crippen LogP contribution < -0.4 is 5.32 Å². The Morgan fingerprint density at radius 1 is 1.13 bits per heavy atom. The molecule has 0 fully saturated rings. The van der Waals surface area contributed by atoms with E-state index >= 15 is 0 Å². The number of imide groups is 1. The number of carbonyl (C=O) groups excluding carboxylic acids is 2. The molecule has 0 unspecified atom stereocenters. The minimum atomic E-state index is -5.39. The first-order chi connectivity index (χ1) is 6.55. The Labute approximate surface area is 80.5 Å². The monoisotopic (exact) mass is 245 g/mol. The summed E-state index contributed by atoms with van der Waals surface area (Å²) in [5.74, 6) is -3.70. The minimum absolute atomic E-state index is 1.12. The number of amides is 2. The number of hydrogen-bond donors (Lipinski definition) is 2. The molecule has 10 heteroatoms. The molecule has 0 saturated heterocycles. The van der Waals surface area contributed by atoms with Gasteiger partial charge in [-0.05, 0) is 0 Å². The van der Waals surface area contributed by atoms with E-state index in [9.17, 15) is 31.2 Å². The summed E-state index contributed by atoms with van der Waals surface area (Å²) in [7, 11) is -5.39. The normalized spacial score (nSPS) is 18.4. The lowest BCUT2D eigenvalue weighted by Crippen LogP contribution is -2.27. The smallest absolute Gasteiger partial charge is 0.287 e. The number of rotatable bonds is 1. The molecule has 0 aromatic rings. The van der Waals surface area contributed by atoms with Crippen molar-refractivity contribution in [2.24, 2.45) is 0 Å². The van der Waals surface area contributed by atoms with Gasteiger partial charge in [0.25, 0.3) is 11.8 Å². The van der Waals surface area contributed by atoms with E-state index in [1.54, 1.807) is 0 Å². The highest BCUT2D eigenvalue weighted by molar-refractivity contribution is 7.91. The van der Waals surface area contributed by atoms with Crippen molar-refractivity contribution in [1.82, 2.24) is 5.32 Å². The lowest BCUT2D eigenvalue weighted by molar-refractivity contribution is -0.130. The number of nitrogens with one attached hydrogen (secondary N) is 1. The highest BCUT2D eigenvalue weighted by atomic mass is 32.2. The van der Waals surface area contributed by atoms with Crippen molar-refractivity contribution in [1.29, 1.82) is 0 Å². The van der Waals surface area contributed by atoms with E-state index in [0.29, 0.717) is 0 Å². The maximum Gasteiger partial charge on any atom is 0.423 e. The van der Waals surface area contributed by atoms with Crippen molar-refractivity contribution in [3.63, 3.8) is 0 Å². The van der Waals surface area contributed by atoms with E-state index in [1.807, 2.05) is 0 Å². The average molecular weight is 245 g/mol. The Kier molecular flexibility index (Phi) is 2.36. The third-order valence-electron chi connectivity index (χ3n) is 1.43. The van der Waals surface area contributed by atoms with E-state index in [-0.39, 0.29) is 0 Å². The standard InChI is InChI=1S/C5H2F3NO5S/c6-5(7,8)1-2(15(12,13)14)4(11)9-3(1)10/h(H,9,10,11)(H,12,13,14). The Bertz CT molecular complexity index is 473. The Morgan fingerprint density at radius 3 is 1.87 bits per heavy atom. The molecule has 0 aromatic heterocycles. The second-order valence-corrected chi connectivity index (χ2v) is 3.82. The predicted molar refractivity (Wildman–Crippen MR) is 37.8 cm³/mol. The van der Waals surface area contributed by atoms with Gasteiger partial charge in [-0.1, -0.05) is 0 Å². The fourth-order valence-corrected chi connectivity index (χ4v) is 1.69. The predicted octanol–water partition coefficient (Wildman–Crippen LogP) is -0.653. The lowest BCUT2D eigenvalue weighted by Gasteiger charge is -2.05. The number of alkyl halides is 3. The van der Waals surface area contributed by atoms with Gasteiger partial charge in [0.05, 0.1) is 0 Å². The molecule has 0 bridgehead atoms. The van der Waals surface area contributed by atoms with E-state index in [0.717, 1.165) is 5.32 Å². The van der Waals surface area contributed by atoms with Crippen LogP contribution in [0, 0.1) is 0 Å². The first kappa shape index (κ1) is 11.7. The summed E-state index contributed by atoms with van der Waals surface area (Å²) in [6.07, 6.45) is -5.33. The third kappa shape index (κ3) is 1.99. The molecule has 1 aliphatic rings. The minimum Gasteiger partial charge on any atom is -0.287 e. The number of carbonyl (C=O) groups is 2. The topological polar surface area (TPSA) is 101 Å². The zero-order chi connectivity index (χ0) is 12.0. The molecule has 2 N–H and O–H groups in total. The van der Waals surface area contributed by atoms with Crippen LogP contribution in [0.1, 0.15) is 0 Å². The Hall–Kier alpha value is -1.42. The third-order valence-corrected chi connectivity index (χ3v) is 2.33. The molecule has 0 saturated carbocycles. The Balaban J connectivity index is 3.57. The summed E-state index contributed by atoms with van der Waals surface area (Å²) in [4.78, 5) is 19.3. The van der Waals surface area contributed by atoms with Gasteiger partial charge in [-0.25, -0.2) is 0 Å². The second-order valence-electron chi connectivity index (χ2n) is 2.46. The molecule has 1 rings (SSSR count). The van der Waals surface area contributed by atoms with E-state index in [4.69, 9.17) is 4.55 Å². The van der Waals surface area contributed by atoms with Crippen molar-refractivity contribution in [2.75, 3.05) is 0 Å². The van der Waals surface area contributed by atoms with Gasteiger partial charge >= 0.3 is 16.3 Å². The van der Waals surface area contributed by atoms with Gasteiger partial charge in [-0.2, -0.15) is 21.6 Å². The quantitative estimate of drug-likeness (QED) is 0.472. The molecule has 1 aliphatic heterocycles. The fraction of sp³-hybridized carbons (Fsp3) is 0.200. The van der Waals surface area contributed by atoms with Gasteiger partial charge in [0.2, 0.25) is 0 Å². The average Bonchev–Trinajstić information content (AvgIpc) is 2.22. The zero-order valence-corrected chi connectivity index (χ0v) is 7.44. The molecular formula is C5H2F3NO5S. The van der Waals surface area contributed by atoms with Crippen molar-refractivity contribution in [3.05, 3.63) is 10.5 Å². The van der Waals surface area contributed by atoms with Crippen LogP contribution in [-0.4, -0.2) is 31.0 Å².